The van der Waals surface area contributed by atoms with Crippen molar-refractivity contribution in [3.8, 4) is 0 Å². The van der Waals surface area contributed by atoms with Gasteiger partial charge in [0.05, 0.1) is 30.3 Å². The molecule has 0 unspecified atom stereocenters. The summed E-state index contributed by atoms with van der Waals surface area (Å²) in [7, 11) is 0. The van der Waals surface area contributed by atoms with Crippen LogP contribution in [0.2, 0.25) is 0 Å². The molecule has 0 saturated heterocycles. The van der Waals surface area contributed by atoms with Crippen LogP contribution in [0.15, 0.2) is 42.5 Å². The Labute approximate surface area is 177 Å². The molecule has 0 fully saturated rings. The van der Waals surface area contributed by atoms with E-state index in [9.17, 15) is 18.0 Å². The minimum absolute atomic E-state index is 0.207. The second-order valence-corrected chi connectivity index (χ2v) is 7.57. The molecule has 1 amide bonds. The van der Waals surface area contributed by atoms with Crippen LogP contribution in [-0.2, 0) is 24.1 Å². The molecule has 0 saturated carbocycles. The molecular formula is C23H22F3N3O2. The fourth-order valence-corrected chi connectivity index (χ4v) is 3.99. The van der Waals surface area contributed by atoms with Crippen molar-refractivity contribution < 1.29 is 22.7 Å². The number of nitrogens with two attached hydrogens (primary N) is 1. The van der Waals surface area contributed by atoms with Gasteiger partial charge < -0.3 is 15.4 Å². The van der Waals surface area contributed by atoms with Gasteiger partial charge in [0.25, 0.3) is 5.91 Å². The fourth-order valence-electron chi connectivity index (χ4n) is 3.99. The van der Waals surface area contributed by atoms with E-state index in [0.717, 1.165) is 28.6 Å². The van der Waals surface area contributed by atoms with Gasteiger partial charge in [-0.25, -0.2) is 4.98 Å². The number of benzene rings is 2. The minimum Gasteiger partial charge on any atom is -0.383 e. The normalized spacial score (nSPS) is 14.5. The third-order valence-corrected chi connectivity index (χ3v) is 5.77. The zero-order valence-corrected chi connectivity index (χ0v) is 17.2. The maximum absolute atomic E-state index is 13.3. The van der Waals surface area contributed by atoms with Crippen molar-refractivity contribution in [2.24, 2.45) is 0 Å². The number of pyridine rings is 1. The highest BCUT2D eigenvalue weighted by molar-refractivity contribution is 5.99. The number of aromatic nitrogens is 1. The van der Waals surface area contributed by atoms with Crippen LogP contribution in [0.25, 0.3) is 10.9 Å². The van der Waals surface area contributed by atoms with E-state index in [-0.39, 0.29) is 5.91 Å². The first-order valence-corrected chi connectivity index (χ1v) is 9.97. The average Bonchev–Trinajstić information content (AvgIpc) is 3.24. The summed E-state index contributed by atoms with van der Waals surface area (Å²) in [4.78, 5) is 19.3. The van der Waals surface area contributed by atoms with Crippen LogP contribution in [0.4, 0.5) is 19.0 Å². The molecule has 1 atom stereocenters. The first-order chi connectivity index (χ1) is 14.7. The number of carbonyl (C=O) groups is 1. The topological polar surface area (TPSA) is 68.5 Å². The number of alkyl halides is 3. The predicted octanol–water partition coefficient (Wildman–Crippen LogP) is 5.09. The smallest absolute Gasteiger partial charge is 0.383 e. The van der Waals surface area contributed by atoms with E-state index in [0.29, 0.717) is 42.2 Å². The highest BCUT2D eigenvalue weighted by Crippen LogP contribution is 2.33. The monoisotopic (exact) mass is 429 g/mol. The lowest BCUT2D eigenvalue weighted by molar-refractivity contribution is -0.137. The van der Waals surface area contributed by atoms with Crippen molar-refractivity contribution in [3.63, 3.8) is 0 Å². The number of fused-ring (bicyclic) bond motifs is 3. The maximum Gasteiger partial charge on any atom is 0.416 e. The number of amides is 1. The third-order valence-electron chi connectivity index (χ3n) is 5.77. The molecule has 0 radical (unpaired) electrons. The molecule has 31 heavy (non-hydrogen) atoms. The zero-order chi connectivity index (χ0) is 22.3. The molecule has 2 aromatic carbocycles. The molecule has 1 aliphatic rings. The SMILES string of the molecule is CCN(C(=O)c1ccc2nc(N)c3c(c2c1)COC3)[C@H](C)c1ccc(C(F)(F)F)cc1. The number of nitrogen functional groups attached to an aromatic ring is 1. The Morgan fingerprint density at radius 1 is 1.16 bits per heavy atom. The van der Waals surface area contributed by atoms with Gasteiger partial charge in [0.1, 0.15) is 5.82 Å². The molecule has 4 rings (SSSR count). The van der Waals surface area contributed by atoms with E-state index in [1.54, 1.807) is 30.0 Å². The van der Waals surface area contributed by atoms with Crippen LogP contribution < -0.4 is 5.73 Å². The highest BCUT2D eigenvalue weighted by atomic mass is 19.4. The third kappa shape index (κ3) is 3.83. The summed E-state index contributed by atoms with van der Waals surface area (Å²) in [5.41, 5.74) is 8.89. The van der Waals surface area contributed by atoms with Gasteiger partial charge in [0.15, 0.2) is 0 Å². The number of carbonyl (C=O) groups excluding carboxylic acids is 1. The van der Waals surface area contributed by atoms with Crippen LogP contribution in [0.1, 0.15) is 52.5 Å². The molecule has 0 bridgehead atoms. The number of nitrogens with zero attached hydrogens (tertiary/aromatic N) is 2. The van der Waals surface area contributed by atoms with Crippen molar-refractivity contribution in [1.29, 1.82) is 0 Å². The quantitative estimate of drug-likeness (QED) is 0.627. The van der Waals surface area contributed by atoms with E-state index >= 15 is 0 Å². The van der Waals surface area contributed by atoms with Crippen LogP contribution in [0, 0.1) is 0 Å². The van der Waals surface area contributed by atoms with Crippen LogP contribution in [-0.4, -0.2) is 22.3 Å². The van der Waals surface area contributed by atoms with Crippen LogP contribution >= 0.6 is 0 Å². The lowest BCUT2D eigenvalue weighted by Gasteiger charge is -2.29. The Kier molecular flexibility index (Phi) is 5.35. The Balaban J connectivity index is 1.65. The van der Waals surface area contributed by atoms with E-state index in [2.05, 4.69) is 4.98 Å². The highest BCUT2D eigenvalue weighted by Gasteiger charge is 2.31. The number of ether oxygens (including phenoxy) is 1. The Hall–Kier alpha value is -3.13. The first kappa shape index (κ1) is 21.1. The van der Waals surface area contributed by atoms with Gasteiger partial charge in [-0.2, -0.15) is 13.2 Å². The molecule has 162 valence electrons. The van der Waals surface area contributed by atoms with Crippen LogP contribution in [0.5, 0.6) is 0 Å². The Bertz CT molecular complexity index is 1140. The van der Waals surface area contributed by atoms with Gasteiger partial charge in [0, 0.05) is 23.1 Å². The molecule has 8 heteroatoms. The summed E-state index contributed by atoms with van der Waals surface area (Å²) >= 11 is 0. The Morgan fingerprint density at radius 3 is 2.48 bits per heavy atom. The number of halogens is 3. The fraction of sp³-hybridized carbons (Fsp3) is 0.304. The van der Waals surface area contributed by atoms with E-state index in [4.69, 9.17) is 10.5 Å². The summed E-state index contributed by atoms with van der Waals surface area (Å²) in [6.07, 6.45) is -4.39. The predicted molar refractivity (Wildman–Crippen MR) is 111 cm³/mol. The number of hydrogen-bond acceptors (Lipinski definition) is 4. The van der Waals surface area contributed by atoms with Crippen molar-refractivity contribution in [3.05, 3.63) is 70.3 Å². The lowest BCUT2D eigenvalue weighted by atomic mass is 10.0. The van der Waals surface area contributed by atoms with Gasteiger partial charge in [-0.1, -0.05) is 12.1 Å². The summed E-state index contributed by atoms with van der Waals surface area (Å²) in [6.45, 7) is 4.86. The largest absolute Gasteiger partial charge is 0.416 e. The summed E-state index contributed by atoms with van der Waals surface area (Å²) in [5.74, 6) is 0.228. The lowest BCUT2D eigenvalue weighted by Crippen LogP contribution is -2.33. The van der Waals surface area contributed by atoms with E-state index in [1.165, 1.54) is 12.1 Å². The molecule has 2 heterocycles. The van der Waals surface area contributed by atoms with Crippen molar-refractivity contribution in [2.45, 2.75) is 39.3 Å². The first-order valence-electron chi connectivity index (χ1n) is 9.97. The van der Waals surface area contributed by atoms with Gasteiger partial charge in [0.2, 0.25) is 0 Å². The van der Waals surface area contributed by atoms with E-state index in [1.807, 2.05) is 6.92 Å². The van der Waals surface area contributed by atoms with Crippen molar-refractivity contribution in [1.82, 2.24) is 9.88 Å². The average molecular weight is 429 g/mol. The summed E-state index contributed by atoms with van der Waals surface area (Å²) in [6, 6.07) is 9.77. The summed E-state index contributed by atoms with van der Waals surface area (Å²) in [5, 5.41) is 0.825. The van der Waals surface area contributed by atoms with Crippen LogP contribution in [0.3, 0.4) is 0 Å². The second kappa shape index (κ2) is 7.85. The second-order valence-electron chi connectivity index (χ2n) is 7.57. The van der Waals surface area contributed by atoms with Crippen molar-refractivity contribution >= 4 is 22.6 Å². The molecule has 0 spiro atoms. The molecule has 1 aromatic heterocycles. The Morgan fingerprint density at radius 2 is 1.84 bits per heavy atom. The number of hydrogen-bond donors (Lipinski definition) is 1. The molecule has 0 aliphatic carbocycles. The molecular weight excluding hydrogens is 407 g/mol. The van der Waals surface area contributed by atoms with Crippen molar-refractivity contribution in [2.75, 3.05) is 12.3 Å². The zero-order valence-electron chi connectivity index (χ0n) is 17.2. The molecule has 1 aliphatic heterocycles. The number of anilines is 1. The summed E-state index contributed by atoms with van der Waals surface area (Å²) < 4.78 is 44.1. The van der Waals surface area contributed by atoms with Gasteiger partial charge in [-0.3, -0.25) is 4.79 Å². The number of rotatable bonds is 4. The molecule has 3 aromatic rings. The van der Waals surface area contributed by atoms with Gasteiger partial charge >= 0.3 is 6.18 Å². The minimum atomic E-state index is -4.39. The molecule has 2 N–H and O–H groups in total. The van der Waals surface area contributed by atoms with Gasteiger partial charge in [-0.15, -0.1) is 0 Å². The molecule has 5 nitrogen and oxygen atoms in total. The van der Waals surface area contributed by atoms with Gasteiger partial charge in [-0.05, 0) is 55.3 Å². The standard InChI is InChI=1S/C23H22F3N3O2/c1-3-29(13(2)14-4-7-16(8-5-14)23(24,25)26)22(30)15-6-9-20-17(10-15)18-11-31-12-19(18)21(27)28-20/h4-10,13H,3,11-12H2,1-2H3,(H2,27,28)/t13-/m1/s1. The van der Waals surface area contributed by atoms with E-state index < -0.39 is 17.8 Å². The maximum atomic E-state index is 13.3.